The zero-order chi connectivity index (χ0) is 19.2. The maximum absolute atomic E-state index is 12.5. The van der Waals surface area contributed by atoms with E-state index >= 15 is 0 Å². The number of hydrogen-bond acceptors (Lipinski definition) is 5. The van der Waals surface area contributed by atoms with Gasteiger partial charge in [0.05, 0.1) is 10.5 Å². The second kappa shape index (κ2) is 8.75. The molecule has 0 aliphatic heterocycles. The number of rotatable bonds is 8. The maximum atomic E-state index is 12.5. The van der Waals surface area contributed by atoms with Gasteiger partial charge in [-0.15, -0.1) is 0 Å². The highest BCUT2D eigenvalue weighted by Gasteiger charge is 2.32. The molecule has 0 atom stereocenters. The van der Waals surface area contributed by atoms with E-state index in [0.717, 1.165) is 50.3 Å². The number of carboxylic acids is 1. The first kappa shape index (κ1) is 19.8. The van der Waals surface area contributed by atoms with Gasteiger partial charge in [-0.1, -0.05) is 19.3 Å². The molecule has 8 heteroatoms. The van der Waals surface area contributed by atoms with Crippen molar-refractivity contribution in [2.75, 3.05) is 20.3 Å². The third-order valence-electron chi connectivity index (χ3n) is 5.01. The Labute approximate surface area is 151 Å². The van der Waals surface area contributed by atoms with Crippen LogP contribution in [0.4, 0.5) is 5.69 Å². The highest BCUT2D eigenvalue weighted by Crippen LogP contribution is 2.38. The molecular formula is C18H24N2O6. The molecule has 2 N–H and O–H groups in total. The number of carbonyl (C=O) groups is 2. The summed E-state index contributed by atoms with van der Waals surface area (Å²) >= 11 is 0. The van der Waals surface area contributed by atoms with E-state index < -0.39 is 22.5 Å². The van der Waals surface area contributed by atoms with Crippen molar-refractivity contribution >= 4 is 17.6 Å². The van der Waals surface area contributed by atoms with Crippen molar-refractivity contribution < 1.29 is 24.4 Å². The van der Waals surface area contributed by atoms with Crippen molar-refractivity contribution in [3.8, 4) is 0 Å². The minimum atomic E-state index is -1.31. The molecule has 0 aromatic heterocycles. The molecule has 0 bridgehead atoms. The van der Waals surface area contributed by atoms with Crippen LogP contribution < -0.4 is 5.32 Å². The van der Waals surface area contributed by atoms with Gasteiger partial charge in [-0.2, -0.15) is 0 Å². The number of non-ortho nitro benzene ring substituents is 1. The third-order valence-corrected chi connectivity index (χ3v) is 5.01. The Morgan fingerprint density at radius 1 is 1.23 bits per heavy atom. The number of nitro benzene ring substituents is 1. The molecule has 8 nitrogen and oxygen atoms in total. The molecule has 0 heterocycles. The van der Waals surface area contributed by atoms with E-state index in [2.05, 4.69) is 5.32 Å². The summed E-state index contributed by atoms with van der Waals surface area (Å²) in [4.78, 5) is 33.9. The molecule has 1 amide bonds. The Balaban J connectivity index is 2.15. The molecule has 142 valence electrons. The minimum absolute atomic E-state index is 0.0192. The topological polar surface area (TPSA) is 119 Å². The number of methoxy groups -OCH3 is 1. The average Bonchev–Trinajstić information content (AvgIpc) is 2.65. The first-order chi connectivity index (χ1) is 12.4. The van der Waals surface area contributed by atoms with Crippen LogP contribution in [-0.4, -0.2) is 42.2 Å². The van der Waals surface area contributed by atoms with E-state index in [1.165, 1.54) is 6.42 Å². The van der Waals surface area contributed by atoms with Crippen molar-refractivity contribution in [1.82, 2.24) is 5.32 Å². The van der Waals surface area contributed by atoms with Crippen molar-refractivity contribution in [2.45, 2.75) is 38.5 Å². The molecule has 1 aliphatic rings. The molecule has 1 fully saturated rings. The normalized spacial score (nSPS) is 16.0. The van der Waals surface area contributed by atoms with E-state index in [9.17, 15) is 19.7 Å². The fraction of sp³-hybridized carbons (Fsp3) is 0.556. The Bertz CT molecular complexity index is 650. The summed E-state index contributed by atoms with van der Waals surface area (Å²) in [6, 6.07) is 3.21. The molecule has 0 saturated heterocycles. The van der Waals surface area contributed by atoms with Crippen molar-refractivity contribution in [3.63, 3.8) is 0 Å². The van der Waals surface area contributed by atoms with Gasteiger partial charge in [0.1, 0.15) is 0 Å². The molecule has 26 heavy (non-hydrogen) atoms. The third kappa shape index (κ3) is 5.01. The summed E-state index contributed by atoms with van der Waals surface area (Å²) in [5.41, 5.74) is -0.757. The Morgan fingerprint density at radius 2 is 1.88 bits per heavy atom. The number of nitrogens with zero attached hydrogens (tertiary/aromatic N) is 1. The first-order valence-corrected chi connectivity index (χ1v) is 8.67. The number of nitro groups is 1. The molecule has 0 radical (unpaired) electrons. The van der Waals surface area contributed by atoms with Gasteiger partial charge in [-0.25, -0.2) is 4.79 Å². The van der Waals surface area contributed by atoms with Crippen molar-refractivity contribution in [1.29, 1.82) is 0 Å². The summed E-state index contributed by atoms with van der Waals surface area (Å²) < 4.78 is 5.19. The van der Waals surface area contributed by atoms with Gasteiger partial charge in [-0.05, 0) is 30.7 Å². The van der Waals surface area contributed by atoms with Gasteiger partial charge in [0, 0.05) is 38.0 Å². The van der Waals surface area contributed by atoms with Crippen LogP contribution in [0.25, 0.3) is 0 Å². The highest BCUT2D eigenvalue weighted by molar-refractivity contribution is 5.98. The lowest BCUT2D eigenvalue weighted by molar-refractivity contribution is -0.384. The summed E-state index contributed by atoms with van der Waals surface area (Å²) in [5.74, 6) is -1.81. The molecule has 1 aromatic rings. The largest absolute Gasteiger partial charge is 0.478 e. The standard InChI is InChI=1S/C18H24N2O6/c1-26-8-7-18(5-3-2-4-6-18)12-19-16(21)13-9-14(17(22)23)11-15(10-13)20(24)25/h9-11H,2-8,12H2,1H3,(H,19,21)(H,22,23). The summed E-state index contributed by atoms with van der Waals surface area (Å²) in [7, 11) is 1.64. The second-order valence-electron chi connectivity index (χ2n) is 6.82. The fourth-order valence-electron chi connectivity index (χ4n) is 3.48. The monoisotopic (exact) mass is 364 g/mol. The van der Waals surface area contributed by atoms with Gasteiger partial charge in [-0.3, -0.25) is 14.9 Å². The number of hydrogen-bond donors (Lipinski definition) is 2. The predicted molar refractivity (Wildman–Crippen MR) is 94.4 cm³/mol. The number of benzene rings is 1. The van der Waals surface area contributed by atoms with Crippen LogP contribution in [0, 0.1) is 15.5 Å². The van der Waals surface area contributed by atoms with Crippen LogP contribution in [-0.2, 0) is 4.74 Å². The van der Waals surface area contributed by atoms with Crippen LogP contribution >= 0.6 is 0 Å². The number of carboxylic acid groups (broad SMARTS) is 1. The van der Waals surface area contributed by atoms with E-state index in [1.54, 1.807) is 7.11 Å². The average molecular weight is 364 g/mol. The fourth-order valence-corrected chi connectivity index (χ4v) is 3.48. The number of ether oxygens (including phenoxy) is 1. The van der Waals surface area contributed by atoms with Crippen LogP contribution in [0.1, 0.15) is 59.2 Å². The summed E-state index contributed by atoms with van der Waals surface area (Å²) in [5, 5.41) is 22.9. The molecule has 0 spiro atoms. The predicted octanol–water partition coefficient (Wildman–Crippen LogP) is 3.01. The lowest BCUT2D eigenvalue weighted by atomic mass is 9.72. The second-order valence-corrected chi connectivity index (χ2v) is 6.82. The molecule has 1 aromatic carbocycles. The SMILES string of the molecule is COCCC1(CNC(=O)c2cc(C(=O)O)cc([N+](=O)[O-])c2)CCCCC1. The molecule has 0 unspecified atom stereocenters. The lowest BCUT2D eigenvalue weighted by Crippen LogP contribution is -2.39. The van der Waals surface area contributed by atoms with E-state index in [0.29, 0.717) is 13.2 Å². The minimum Gasteiger partial charge on any atom is -0.478 e. The number of carbonyl (C=O) groups excluding carboxylic acids is 1. The van der Waals surface area contributed by atoms with Gasteiger partial charge in [0.15, 0.2) is 0 Å². The Morgan fingerprint density at radius 3 is 2.46 bits per heavy atom. The van der Waals surface area contributed by atoms with Crippen LogP contribution in [0.2, 0.25) is 0 Å². The zero-order valence-electron chi connectivity index (χ0n) is 14.8. The summed E-state index contributed by atoms with van der Waals surface area (Å²) in [6.45, 7) is 1.05. The van der Waals surface area contributed by atoms with Crippen LogP contribution in [0.5, 0.6) is 0 Å². The van der Waals surface area contributed by atoms with Gasteiger partial charge >= 0.3 is 5.97 Å². The van der Waals surface area contributed by atoms with Crippen molar-refractivity contribution in [3.05, 3.63) is 39.4 Å². The Kier molecular flexibility index (Phi) is 6.68. The molecule has 1 aliphatic carbocycles. The zero-order valence-corrected chi connectivity index (χ0v) is 14.8. The van der Waals surface area contributed by atoms with E-state index in [1.807, 2.05) is 0 Å². The van der Waals surface area contributed by atoms with E-state index in [4.69, 9.17) is 9.84 Å². The number of nitrogens with one attached hydrogen (secondary N) is 1. The lowest BCUT2D eigenvalue weighted by Gasteiger charge is -2.37. The van der Waals surface area contributed by atoms with E-state index in [-0.39, 0.29) is 16.5 Å². The van der Waals surface area contributed by atoms with Crippen LogP contribution in [0.3, 0.4) is 0 Å². The highest BCUT2D eigenvalue weighted by atomic mass is 16.6. The van der Waals surface area contributed by atoms with Gasteiger partial charge in [0.25, 0.3) is 11.6 Å². The smallest absolute Gasteiger partial charge is 0.335 e. The molecular weight excluding hydrogens is 340 g/mol. The van der Waals surface area contributed by atoms with Crippen LogP contribution in [0.15, 0.2) is 18.2 Å². The number of amides is 1. The summed E-state index contributed by atoms with van der Waals surface area (Å²) in [6.07, 6.45) is 6.19. The van der Waals surface area contributed by atoms with Gasteiger partial charge < -0.3 is 15.2 Å². The van der Waals surface area contributed by atoms with Crippen molar-refractivity contribution in [2.24, 2.45) is 5.41 Å². The molecule has 1 saturated carbocycles. The number of aromatic carboxylic acids is 1. The first-order valence-electron chi connectivity index (χ1n) is 8.67. The molecule has 2 rings (SSSR count). The van der Waals surface area contributed by atoms with Gasteiger partial charge in [0.2, 0.25) is 0 Å². The quantitative estimate of drug-likeness (QED) is 0.540. The Hall–Kier alpha value is -2.48. The maximum Gasteiger partial charge on any atom is 0.335 e.